The number of nitrogens with one attached hydrogen (secondary N) is 2. The second-order valence-electron chi connectivity index (χ2n) is 7.73. The van der Waals surface area contributed by atoms with E-state index < -0.39 is 5.41 Å². The lowest BCUT2D eigenvalue weighted by molar-refractivity contribution is -0.127. The smallest absolute Gasteiger partial charge is 0.319 e. The van der Waals surface area contributed by atoms with Gasteiger partial charge in [-0.1, -0.05) is 0 Å². The average Bonchev–Trinajstić information content (AvgIpc) is 2.53. The Labute approximate surface area is 143 Å². The van der Waals surface area contributed by atoms with Crippen LogP contribution in [-0.2, 0) is 4.79 Å². The van der Waals surface area contributed by atoms with Gasteiger partial charge < -0.3 is 20.3 Å². The molecule has 0 spiro atoms. The number of hydrogen-bond acceptors (Lipinski definition) is 3. The van der Waals surface area contributed by atoms with E-state index in [1.165, 1.54) is 0 Å². The van der Waals surface area contributed by atoms with E-state index in [9.17, 15) is 9.59 Å². The molecule has 24 heavy (non-hydrogen) atoms. The van der Waals surface area contributed by atoms with Crippen LogP contribution < -0.4 is 20.3 Å². The summed E-state index contributed by atoms with van der Waals surface area (Å²) in [4.78, 5) is 26.5. The SMILES string of the molecule is CCN1C(=O)C(C)(C)COc2ccc(NC(=O)NC(C)(C)C)cc21. The first-order valence-corrected chi connectivity index (χ1v) is 8.21. The van der Waals surface area contributed by atoms with Crippen molar-refractivity contribution in [3.8, 4) is 5.75 Å². The molecule has 0 fully saturated rings. The molecule has 3 amide bonds. The summed E-state index contributed by atoms with van der Waals surface area (Å²) < 4.78 is 5.82. The van der Waals surface area contributed by atoms with E-state index in [-0.39, 0.29) is 17.5 Å². The van der Waals surface area contributed by atoms with E-state index in [2.05, 4.69) is 10.6 Å². The minimum atomic E-state index is -0.591. The van der Waals surface area contributed by atoms with Crippen molar-refractivity contribution in [3.05, 3.63) is 18.2 Å². The average molecular weight is 333 g/mol. The molecule has 0 atom stereocenters. The highest BCUT2D eigenvalue weighted by Crippen LogP contribution is 2.38. The highest BCUT2D eigenvalue weighted by atomic mass is 16.5. The van der Waals surface area contributed by atoms with Crippen LogP contribution >= 0.6 is 0 Å². The maximum atomic E-state index is 12.7. The van der Waals surface area contributed by atoms with Gasteiger partial charge in [-0.3, -0.25) is 4.79 Å². The molecule has 6 heteroatoms. The van der Waals surface area contributed by atoms with Crippen LogP contribution in [0.5, 0.6) is 5.75 Å². The zero-order chi connectivity index (χ0) is 18.1. The Morgan fingerprint density at radius 3 is 2.58 bits per heavy atom. The fourth-order valence-corrected chi connectivity index (χ4v) is 2.54. The molecule has 0 bridgehead atoms. The van der Waals surface area contributed by atoms with E-state index >= 15 is 0 Å². The van der Waals surface area contributed by atoms with Gasteiger partial charge in [-0.05, 0) is 59.7 Å². The highest BCUT2D eigenvalue weighted by Gasteiger charge is 2.37. The summed E-state index contributed by atoms with van der Waals surface area (Å²) >= 11 is 0. The van der Waals surface area contributed by atoms with Gasteiger partial charge in [0.15, 0.2) is 0 Å². The molecular weight excluding hydrogens is 306 g/mol. The summed E-state index contributed by atoms with van der Waals surface area (Å²) in [5, 5.41) is 5.65. The molecule has 1 aromatic rings. The summed E-state index contributed by atoms with van der Waals surface area (Å²) in [6, 6.07) is 5.06. The number of benzene rings is 1. The van der Waals surface area contributed by atoms with Gasteiger partial charge in [-0.25, -0.2) is 4.79 Å². The molecule has 0 aromatic heterocycles. The number of nitrogens with zero attached hydrogens (tertiary/aromatic N) is 1. The summed E-state index contributed by atoms with van der Waals surface area (Å²) in [6.07, 6.45) is 0. The van der Waals surface area contributed by atoms with Crippen LogP contribution in [0.4, 0.5) is 16.2 Å². The van der Waals surface area contributed by atoms with Gasteiger partial charge >= 0.3 is 6.03 Å². The normalized spacial score (nSPS) is 16.8. The fraction of sp³-hybridized carbons (Fsp3) is 0.556. The summed E-state index contributed by atoms with van der Waals surface area (Å²) in [6.45, 7) is 12.3. The maximum Gasteiger partial charge on any atom is 0.319 e. The van der Waals surface area contributed by atoms with E-state index in [1.54, 1.807) is 23.1 Å². The Morgan fingerprint density at radius 1 is 1.33 bits per heavy atom. The van der Waals surface area contributed by atoms with Gasteiger partial charge in [-0.2, -0.15) is 0 Å². The van der Waals surface area contributed by atoms with Crippen LogP contribution in [0.2, 0.25) is 0 Å². The Morgan fingerprint density at radius 2 is 2.00 bits per heavy atom. The number of anilines is 2. The number of ether oxygens (including phenoxy) is 1. The minimum Gasteiger partial charge on any atom is -0.490 e. The van der Waals surface area contributed by atoms with Crippen molar-refractivity contribution in [2.24, 2.45) is 5.41 Å². The quantitative estimate of drug-likeness (QED) is 0.871. The number of carbonyl (C=O) groups is 2. The van der Waals surface area contributed by atoms with Crippen molar-refractivity contribution >= 4 is 23.3 Å². The number of amides is 3. The van der Waals surface area contributed by atoms with Gasteiger partial charge in [0.2, 0.25) is 5.91 Å². The van der Waals surface area contributed by atoms with Crippen molar-refractivity contribution in [1.29, 1.82) is 0 Å². The van der Waals surface area contributed by atoms with Crippen molar-refractivity contribution in [3.63, 3.8) is 0 Å². The molecule has 6 nitrogen and oxygen atoms in total. The first-order chi connectivity index (χ1) is 11.0. The Bertz CT molecular complexity index is 647. The third-order valence-electron chi connectivity index (χ3n) is 3.72. The lowest BCUT2D eigenvalue weighted by Gasteiger charge is -2.27. The lowest BCUT2D eigenvalue weighted by Crippen LogP contribution is -2.43. The molecular formula is C18H27N3O3. The van der Waals surface area contributed by atoms with Crippen molar-refractivity contribution in [2.45, 2.75) is 47.1 Å². The number of hydrogen-bond donors (Lipinski definition) is 2. The molecule has 1 aromatic carbocycles. The van der Waals surface area contributed by atoms with Crippen LogP contribution in [-0.4, -0.2) is 30.6 Å². The number of fused-ring (bicyclic) bond motifs is 1. The molecule has 2 rings (SSSR count). The van der Waals surface area contributed by atoms with Gasteiger partial charge in [0.25, 0.3) is 0 Å². The Balaban J connectivity index is 2.30. The molecule has 0 saturated carbocycles. The zero-order valence-electron chi connectivity index (χ0n) is 15.3. The van der Waals surface area contributed by atoms with Crippen LogP contribution in [0.25, 0.3) is 0 Å². The molecule has 1 heterocycles. The molecule has 0 aliphatic carbocycles. The van der Waals surface area contributed by atoms with Crippen molar-refractivity contribution in [1.82, 2.24) is 5.32 Å². The van der Waals surface area contributed by atoms with E-state index in [0.29, 0.717) is 30.3 Å². The maximum absolute atomic E-state index is 12.7. The molecule has 2 N–H and O–H groups in total. The Kier molecular flexibility index (Phi) is 4.78. The van der Waals surface area contributed by atoms with Crippen molar-refractivity contribution in [2.75, 3.05) is 23.4 Å². The third kappa shape index (κ3) is 3.99. The summed E-state index contributed by atoms with van der Waals surface area (Å²) in [5.41, 5.74) is 0.382. The van der Waals surface area contributed by atoms with Crippen LogP contribution in [0.1, 0.15) is 41.5 Å². The molecule has 1 aliphatic rings. The number of carbonyl (C=O) groups excluding carboxylic acids is 2. The minimum absolute atomic E-state index is 0.0139. The largest absolute Gasteiger partial charge is 0.490 e. The standard InChI is InChI=1S/C18H27N3O3/c1-7-21-13-10-12(19-16(23)20-17(2,3)4)8-9-14(13)24-11-18(5,6)15(21)22/h8-10H,7,11H2,1-6H3,(H2,19,20,23). The van der Waals surface area contributed by atoms with E-state index in [0.717, 1.165) is 0 Å². The molecule has 1 aliphatic heterocycles. The number of urea groups is 1. The Hall–Kier alpha value is -2.24. The second kappa shape index (κ2) is 6.34. The zero-order valence-corrected chi connectivity index (χ0v) is 15.3. The number of rotatable bonds is 2. The second-order valence-corrected chi connectivity index (χ2v) is 7.73. The van der Waals surface area contributed by atoms with Crippen LogP contribution in [0.15, 0.2) is 18.2 Å². The first-order valence-electron chi connectivity index (χ1n) is 8.21. The summed E-state index contributed by atoms with van der Waals surface area (Å²) in [7, 11) is 0. The predicted octanol–water partition coefficient (Wildman–Crippen LogP) is 3.38. The summed E-state index contributed by atoms with van der Waals surface area (Å²) in [5.74, 6) is 0.664. The lowest BCUT2D eigenvalue weighted by atomic mass is 9.93. The molecule has 132 valence electrons. The van der Waals surface area contributed by atoms with Crippen LogP contribution in [0, 0.1) is 5.41 Å². The first kappa shape index (κ1) is 18.1. The predicted molar refractivity (Wildman–Crippen MR) is 95.7 cm³/mol. The van der Waals surface area contributed by atoms with E-state index in [1.807, 2.05) is 41.5 Å². The highest BCUT2D eigenvalue weighted by molar-refractivity contribution is 6.00. The fourth-order valence-electron chi connectivity index (χ4n) is 2.54. The van der Waals surface area contributed by atoms with Crippen LogP contribution in [0.3, 0.4) is 0 Å². The molecule has 0 saturated heterocycles. The van der Waals surface area contributed by atoms with Gasteiger partial charge in [0.1, 0.15) is 12.4 Å². The third-order valence-corrected chi connectivity index (χ3v) is 3.72. The molecule has 0 unspecified atom stereocenters. The van der Waals surface area contributed by atoms with Gasteiger partial charge in [0.05, 0.1) is 11.1 Å². The van der Waals surface area contributed by atoms with E-state index in [4.69, 9.17) is 4.74 Å². The molecule has 0 radical (unpaired) electrons. The van der Waals surface area contributed by atoms with Crippen molar-refractivity contribution < 1.29 is 14.3 Å². The van der Waals surface area contributed by atoms with Gasteiger partial charge in [-0.15, -0.1) is 0 Å². The van der Waals surface area contributed by atoms with Gasteiger partial charge in [0, 0.05) is 17.8 Å². The monoisotopic (exact) mass is 333 g/mol. The topological polar surface area (TPSA) is 70.7 Å².